The van der Waals surface area contributed by atoms with Crippen LogP contribution in [0.1, 0.15) is 18.5 Å². The molecule has 8 heteroatoms. The summed E-state index contributed by atoms with van der Waals surface area (Å²) in [6.07, 6.45) is -1.14. The van der Waals surface area contributed by atoms with E-state index in [4.69, 9.17) is 10.8 Å². The molecule has 6 nitrogen and oxygen atoms in total. The Morgan fingerprint density at radius 2 is 1.89 bits per heavy atom. The smallest absolute Gasteiger partial charge is 0.404 e. The van der Waals surface area contributed by atoms with Gasteiger partial charge in [-0.25, -0.2) is 13.2 Å². The van der Waals surface area contributed by atoms with Gasteiger partial charge in [-0.1, -0.05) is 19.1 Å². The molecule has 0 fully saturated rings. The molecule has 0 saturated heterocycles. The lowest BCUT2D eigenvalue weighted by atomic mass is 10.1. The van der Waals surface area contributed by atoms with Crippen LogP contribution in [0.4, 0.5) is 4.79 Å². The Morgan fingerprint density at radius 3 is 2.32 bits per heavy atom. The van der Waals surface area contributed by atoms with Gasteiger partial charge in [-0.2, -0.15) is 0 Å². The molecule has 0 heterocycles. The van der Waals surface area contributed by atoms with Crippen molar-refractivity contribution in [2.75, 3.05) is 12.3 Å². The molecule has 1 amide bonds. The van der Waals surface area contributed by atoms with Crippen LogP contribution in [0.2, 0.25) is 0 Å². The number of sulfone groups is 1. The Labute approximate surface area is 118 Å². The molecule has 1 aromatic rings. The van der Waals surface area contributed by atoms with Crippen molar-refractivity contribution in [2.45, 2.75) is 17.9 Å². The Hall–Kier alpha value is -1.31. The molecular weight excluding hydrogens is 292 g/mol. The van der Waals surface area contributed by atoms with E-state index in [9.17, 15) is 13.2 Å². The lowest BCUT2D eigenvalue weighted by Gasteiger charge is -2.12. The number of hydrogen-bond acceptors (Lipinski definition) is 4. The Kier molecular flexibility index (Phi) is 6.82. The summed E-state index contributed by atoms with van der Waals surface area (Å²) >= 11 is 0. The average molecular weight is 309 g/mol. The van der Waals surface area contributed by atoms with Crippen LogP contribution in [0.15, 0.2) is 29.2 Å². The number of carboxylic acid groups (broad SMARTS) is 1. The highest BCUT2D eigenvalue weighted by Gasteiger charge is 2.12. The molecule has 1 rings (SSSR count). The van der Waals surface area contributed by atoms with Crippen molar-refractivity contribution >= 4 is 28.3 Å². The summed E-state index contributed by atoms with van der Waals surface area (Å²) in [7, 11) is -3.22. The molecule has 0 aliphatic carbocycles. The molecule has 19 heavy (non-hydrogen) atoms. The number of nitrogens with two attached hydrogens (primary N) is 1. The molecule has 1 atom stereocenters. The van der Waals surface area contributed by atoms with Crippen LogP contribution in [0.25, 0.3) is 0 Å². The van der Waals surface area contributed by atoms with Crippen molar-refractivity contribution < 1.29 is 18.3 Å². The Morgan fingerprint density at radius 1 is 1.37 bits per heavy atom. The van der Waals surface area contributed by atoms with E-state index in [0.717, 1.165) is 0 Å². The maximum Gasteiger partial charge on any atom is 0.404 e. The predicted molar refractivity (Wildman–Crippen MR) is 74.4 cm³/mol. The van der Waals surface area contributed by atoms with Crippen LogP contribution in [0.5, 0.6) is 0 Å². The van der Waals surface area contributed by atoms with E-state index in [1.165, 1.54) is 12.1 Å². The molecule has 0 unspecified atom stereocenters. The predicted octanol–water partition coefficient (Wildman–Crippen LogP) is 1.17. The molecule has 0 saturated carbocycles. The topological polar surface area (TPSA) is 109 Å². The van der Waals surface area contributed by atoms with Crippen LogP contribution in [0, 0.1) is 0 Å². The third-order valence-corrected chi connectivity index (χ3v) is 4.27. The summed E-state index contributed by atoms with van der Waals surface area (Å²) in [6.45, 7) is 1.65. The fourth-order valence-electron chi connectivity index (χ4n) is 1.40. The zero-order chi connectivity index (χ0) is 13.8. The van der Waals surface area contributed by atoms with Gasteiger partial charge in [0.05, 0.1) is 10.6 Å². The lowest BCUT2D eigenvalue weighted by Crippen LogP contribution is -2.30. The highest BCUT2D eigenvalue weighted by atomic mass is 35.5. The molecule has 4 N–H and O–H groups in total. The van der Waals surface area contributed by atoms with Gasteiger partial charge in [0.15, 0.2) is 9.84 Å². The number of rotatable bonds is 5. The minimum Gasteiger partial charge on any atom is -0.465 e. The first-order valence-electron chi connectivity index (χ1n) is 5.42. The Bertz CT molecular complexity index is 516. The van der Waals surface area contributed by atoms with Gasteiger partial charge in [-0.3, -0.25) is 0 Å². The minimum atomic E-state index is -3.22. The quantitative estimate of drug-likeness (QED) is 0.756. The second kappa shape index (κ2) is 7.32. The van der Waals surface area contributed by atoms with Crippen molar-refractivity contribution in [3.05, 3.63) is 29.8 Å². The van der Waals surface area contributed by atoms with E-state index in [1.807, 2.05) is 0 Å². The SMILES string of the molecule is CCS(=O)(=O)c1ccc([C@@H](N)CNC(=O)O)cc1.Cl. The summed E-state index contributed by atoms with van der Waals surface area (Å²) in [4.78, 5) is 10.6. The number of nitrogens with one attached hydrogen (secondary N) is 1. The van der Waals surface area contributed by atoms with Gasteiger partial charge < -0.3 is 16.2 Å². The number of carbonyl (C=O) groups is 1. The van der Waals surface area contributed by atoms with E-state index in [1.54, 1.807) is 19.1 Å². The van der Waals surface area contributed by atoms with Crippen LogP contribution in [0.3, 0.4) is 0 Å². The molecule has 0 bridgehead atoms. The zero-order valence-corrected chi connectivity index (χ0v) is 12.0. The fraction of sp³-hybridized carbons (Fsp3) is 0.364. The van der Waals surface area contributed by atoms with Gasteiger partial charge in [-0.05, 0) is 17.7 Å². The van der Waals surface area contributed by atoms with Gasteiger partial charge >= 0.3 is 6.09 Å². The van der Waals surface area contributed by atoms with Crippen LogP contribution in [-0.2, 0) is 9.84 Å². The summed E-state index contributed by atoms with van der Waals surface area (Å²) in [5.74, 6) is 0.0406. The fourth-order valence-corrected chi connectivity index (χ4v) is 2.29. The molecular formula is C11H17ClN2O4S. The molecule has 0 aliphatic heterocycles. The van der Waals surface area contributed by atoms with Gasteiger partial charge in [0, 0.05) is 12.6 Å². The molecule has 0 spiro atoms. The van der Waals surface area contributed by atoms with E-state index < -0.39 is 22.0 Å². The molecule has 0 radical (unpaired) electrons. The monoisotopic (exact) mass is 308 g/mol. The number of amides is 1. The second-order valence-electron chi connectivity index (χ2n) is 3.77. The molecule has 108 valence electrons. The number of hydrogen-bond donors (Lipinski definition) is 3. The van der Waals surface area contributed by atoms with Gasteiger partial charge in [0.1, 0.15) is 0 Å². The van der Waals surface area contributed by atoms with Crippen molar-refractivity contribution in [2.24, 2.45) is 5.73 Å². The minimum absolute atomic E-state index is 0. The second-order valence-corrected chi connectivity index (χ2v) is 6.04. The van der Waals surface area contributed by atoms with Crippen molar-refractivity contribution in [3.8, 4) is 0 Å². The molecule has 1 aromatic carbocycles. The van der Waals surface area contributed by atoms with Crippen LogP contribution < -0.4 is 11.1 Å². The van der Waals surface area contributed by atoms with Gasteiger partial charge in [0.2, 0.25) is 0 Å². The van der Waals surface area contributed by atoms with Gasteiger partial charge in [-0.15, -0.1) is 12.4 Å². The van der Waals surface area contributed by atoms with Crippen molar-refractivity contribution in [1.82, 2.24) is 5.32 Å². The summed E-state index contributed by atoms with van der Waals surface area (Å²) < 4.78 is 23.2. The van der Waals surface area contributed by atoms with Gasteiger partial charge in [0.25, 0.3) is 0 Å². The zero-order valence-electron chi connectivity index (χ0n) is 10.4. The van der Waals surface area contributed by atoms with E-state index in [2.05, 4.69) is 5.32 Å². The average Bonchev–Trinajstić information content (AvgIpc) is 2.36. The lowest BCUT2D eigenvalue weighted by molar-refractivity contribution is 0.193. The maximum absolute atomic E-state index is 11.6. The normalized spacial score (nSPS) is 12.3. The van der Waals surface area contributed by atoms with E-state index in [-0.39, 0.29) is 29.6 Å². The highest BCUT2D eigenvalue weighted by Crippen LogP contribution is 2.15. The first kappa shape index (κ1) is 17.7. The summed E-state index contributed by atoms with van der Waals surface area (Å²) in [6, 6.07) is 5.65. The first-order valence-corrected chi connectivity index (χ1v) is 7.07. The van der Waals surface area contributed by atoms with Crippen molar-refractivity contribution in [1.29, 1.82) is 0 Å². The Balaban J connectivity index is 0.00000324. The number of halogens is 1. The largest absolute Gasteiger partial charge is 0.465 e. The van der Waals surface area contributed by atoms with Crippen LogP contribution >= 0.6 is 12.4 Å². The number of benzene rings is 1. The third kappa shape index (κ3) is 5.06. The molecule has 0 aromatic heterocycles. The summed E-state index contributed by atoms with van der Waals surface area (Å²) in [5, 5.41) is 10.6. The van der Waals surface area contributed by atoms with E-state index >= 15 is 0 Å². The molecule has 0 aliphatic rings. The van der Waals surface area contributed by atoms with Crippen molar-refractivity contribution in [3.63, 3.8) is 0 Å². The third-order valence-electron chi connectivity index (χ3n) is 2.52. The summed E-state index contributed by atoms with van der Waals surface area (Å²) in [5.41, 5.74) is 6.44. The standard InChI is InChI=1S/C11H16N2O4S.ClH/c1-2-18(16,17)9-5-3-8(4-6-9)10(12)7-13-11(14)15;/h3-6,10,13H,2,7,12H2,1H3,(H,14,15);1H/t10-;/m0./s1. The van der Waals surface area contributed by atoms with E-state index in [0.29, 0.717) is 5.56 Å². The van der Waals surface area contributed by atoms with Crippen LogP contribution in [-0.4, -0.2) is 31.9 Å². The highest BCUT2D eigenvalue weighted by molar-refractivity contribution is 7.91. The maximum atomic E-state index is 11.6. The first-order chi connectivity index (χ1) is 8.36.